The van der Waals surface area contributed by atoms with Crippen molar-refractivity contribution in [3.8, 4) is 5.75 Å². The smallest absolute Gasteiger partial charge is 0.252 e. The van der Waals surface area contributed by atoms with Crippen LogP contribution in [-0.4, -0.2) is 21.1 Å². The summed E-state index contributed by atoms with van der Waals surface area (Å²) in [5, 5.41) is 10.8. The number of hydrogen-bond donors (Lipinski definition) is 3. The van der Waals surface area contributed by atoms with Crippen molar-refractivity contribution in [1.29, 1.82) is 0 Å². The van der Waals surface area contributed by atoms with Crippen LogP contribution in [0.5, 0.6) is 5.75 Å². The molecular weight excluding hydrogens is 330 g/mol. The topological polar surface area (TPSA) is 93.7 Å². The highest BCUT2D eigenvalue weighted by molar-refractivity contribution is 6.02. The molecule has 0 unspecified atom stereocenters. The Bertz CT molecular complexity index is 1050. The maximum absolute atomic E-state index is 11.8. The Morgan fingerprint density at radius 2 is 2.19 bits per heavy atom. The van der Waals surface area contributed by atoms with Gasteiger partial charge in [-0.25, -0.2) is 4.52 Å². The monoisotopic (exact) mass is 349 g/mol. The third-order valence-corrected chi connectivity index (χ3v) is 4.46. The van der Waals surface area contributed by atoms with Gasteiger partial charge >= 0.3 is 0 Å². The second-order valence-electron chi connectivity index (χ2n) is 6.69. The first kappa shape index (κ1) is 16.0. The van der Waals surface area contributed by atoms with E-state index in [9.17, 15) is 4.79 Å². The van der Waals surface area contributed by atoms with Crippen LogP contribution in [0.2, 0.25) is 0 Å². The second kappa shape index (κ2) is 5.52. The molecule has 4 N–H and O–H groups in total. The van der Waals surface area contributed by atoms with Crippen molar-refractivity contribution in [2.75, 3.05) is 10.6 Å². The number of anilines is 3. The van der Waals surface area contributed by atoms with Gasteiger partial charge in [-0.1, -0.05) is 6.58 Å². The molecule has 26 heavy (non-hydrogen) atoms. The van der Waals surface area contributed by atoms with Gasteiger partial charge in [-0.3, -0.25) is 4.79 Å². The number of fused-ring (bicyclic) bond motifs is 2. The van der Waals surface area contributed by atoms with Crippen LogP contribution < -0.4 is 21.1 Å². The summed E-state index contributed by atoms with van der Waals surface area (Å²) >= 11 is 0. The van der Waals surface area contributed by atoms with E-state index < -0.39 is 11.5 Å². The fraction of sp³-hybridized carbons (Fsp3) is 0.158. The van der Waals surface area contributed by atoms with Crippen molar-refractivity contribution in [3.63, 3.8) is 0 Å². The molecule has 0 fully saturated rings. The number of carbonyl (C=O) groups excluding carboxylic acids is 1. The Hall–Kier alpha value is -3.48. The van der Waals surface area contributed by atoms with Crippen LogP contribution in [0.15, 0.2) is 55.0 Å². The van der Waals surface area contributed by atoms with Crippen LogP contribution in [-0.2, 0) is 0 Å². The summed E-state index contributed by atoms with van der Waals surface area (Å²) in [6.45, 7) is 7.93. The zero-order valence-corrected chi connectivity index (χ0v) is 14.5. The molecule has 0 saturated heterocycles. The summed E-state index contributed by atoms with van der Waals surface area (Å²) < 4.78 is 7.66. The number of benzene rings is 1. The molecule has 7 nitrogen and oxygen atoms in total. The van der Waals surface area contributed by atoms with Crippen molar-refractivity contribution in [2.24, 2.45) is 5.73 Å². The molecule has 1 amide bonds. The van der Waals surface area contributed by atoms with E-state index in [2.05, 4.69) is 22.3 Å². The average molecular weight is 349 g/mol. The van der Waals surface area contributed by atoms with E-state index in [-0.39, 0.29) is 0 Å². The molecule has 2 aromatic heterocycles. The lowest BCUT2D eigenvalue weighted by atomic mass is 10.0. The fourth-order valence-corrected chi connectivity index (χ4v) is 2.90. The number of carbonyl (C=O) groups is 1. The van der Waals surface area contributed by atoms with Crippen molar-refractivity contribution in [3.05, 3.63) is 60.6 Å². The molecule has 3 heterocycles. The number of nitrogens with two attached hydrogens (primary N) is 1. The summed E-state index contributed by atoms with van der Waals surface area (Å²) in [4.78, 5) is 11.8. The van der Waals surface area contributed by atoms with Gasteiger partial charge in [-0.2, -0.15) is 5.10 Å². The highest BCUT2D eigenvalue weighted by atomic mass is 16.5. The quantitative estimate of drug-likeness (QED) is 0.675. The number of primary amides is 1. The summed E-state index contributed by atoms with van der Waals surface area (Å²) in [7, 11) is 0. The van der Waals surface area contributed by atoms with E-state index in [1.54, 1.807) is 10.7 Å². The van der Waals surface area contributed by atoms with Gasteiger partial charge in [0.05, 0.1) is 34.3 Å². The first-order valence-electron chi connectivity index (χ1n) is 8.18. The molecule has 0 radical (unpaired) electrons. The Morgan fingerprint density at radius 3 is 2.96 bits per heavy atom. The van der Waals surface area contributed by atoms with Crippen molar-refractivity contribution >= 4 is 28.5 Å². The molecule has 0 spiro atoms. The van der Waals surface area contributed by atoms with E-state index in [0.29, 0.717) is 11.3 Å². The summed E-state index contributed by atoms with van der Waals surface area (Å²) in [6, 6.07) is 9.38. The highest BCUT2D eigenvalue weighted by Crippen LogP contribution is 2.39. The largest absolute Gasteiger partial charge is 0.479 e. The second-order valence-corrected chi connectivity index (χ2v) is 6.69. The van der Waals surface area contributed by atoms with Crippen LogP contribution in [0.1, 0.15) is 24.2 Å². The molecule has 132 valence electrons. The highest BCUT2D eigenvalue weighted by Gasteiger charge is 2.30. The van der Waals surface area contributed by atoms with Gasteiger partial charge in [0.25, 0.3) is 5.91 Å². The van der Waals surface area contributed by atoms with Crippen molar-refractivity contribution < 1.29 is 9.53 Å². The maximum atomic E-state index is 11.8. The van der Waals surface area contributed by atoms with E-state index in [0.717, 1.165) is 28.3 Å². The molecule has 1 aliphatic heterocycles. The molecule has 3 aromatic rings. The lowest BCUT2D eigenvalue weighted by molar-refractivity contribution is 0.100. The zero-order valence-electron chi connectivity index (χ0n) is 14.5. The molecule has 0 saturated carbocycles. The zero-order chi connectivity index (χ0) is 18.5. The van der Waals surface area contributed by atoms with Crippen LogP contribution in [0.4, 0.5) is 17.1 Å². The number of aromatic nitrogens is 2. The molecule has 0 bridgehead atoms. The van der Waals surface area contributed by atoms with Crippen LogP contribution >= 0.6 is 0 Å². The third kappa shape index (κ3) is 2.54. The number of rotatable bonds is 3. The number of nitrogens with zero attached hydrogens (tertiary/aromatic N) is 2. The molecule has 1 aliphatic rings. The lowest BCUT2D eigenvalue weighted by Gasteiger charge is -2.35. The molecule has 1 aromatic carbocycles. The van der Waals surface area contributed by atoms with Crippen LogP contribution in [0.3, 0.4) is 0 Å². The predicted molar refractivity (Wildman–Crippen MR) is 101 cm³/mol. The molecule has 4 rings (SSSR count). The predicted octanol–water partition coefficient (Wildman–Crippen LogP) is 3.27. The van der Waals surface area contributed by atoms with Crippen LogP contribution in [0, 0.1) is 0 Å². The Kier molecular flexibility index (Phi) is 3.40. The Labute approximate surface area is 150 Å². The Balaban J connectivity index is 1.75. The summed E-state index contributed by atoms with van der Waals surface area (Å²) in [5.74, 6) is 0.198. The van der Waals surface area contributed by atoms with E-state index in [4.69, 9.17) is 10.5 Å². The minimum absolute atomic E-state index is 0.323. The van der Waals surface area contributed by atoms with Gasteiger partial charge in [0.15, 0.2) is 0 Å². The molecule has 0 aliphatic carbocycles. The number of hydrogen-bond acceptors (Lipinski definition) is 5. The first-order valence-corrected chi connectivity index (χ1v) is 8.18. The minimum atomic E-state index is -0.543. The lowest BCUT2D eigenvalue weighted by Crippen LogP contribution is -2.37. The Morgan fingerprint density at radius 1 is 1.38 bits per heavy atom. The van der Waals surface area contributed by atoms with E-state index in [1.165, 1.54) is 6.20 Å². The number of nitrogens with one attached hydrogen (secondary N) is 2. The van der Waals surface area contributed by atoms with Gasteiger partial charge in [0.1, 0.15) is 11.4 Å². The average Bonchev–Trinajstić information content (AvgIpc) is 3.05. The molecular formula is C19H19N5O2. The molecule has 7 heteroatoms. The summed E-state index contributed by atoms with van der Waals surface area (Å²) in [5.41, 5.74) is 9.08. The SMILES string of the molecule is C=C1Nc2cc(Nc3c(C(N)=O)cnn4cccc34)ccc2OC1(C)C. The van der Waals surface area contributed by atoms with Crippen LogP contribution in [0.25, 0.3) is 5.52 Å². The minimum Gasteiger partial charge on any atom is -0.479 e. The number of ether oxygens (including phenoxy) is 1. The van der Waals surface area contributed by atoms with Crippen molar-refractivity contribution in [1.82, 2.24) is 9.61 Å². The van der Waals surface area contributed by atoms with E-state index >= 15 is 0 Å². The fourth-order valence-electron chi connectivity index (χ4n) is 2.90. The number of amides is 1. The maximum Gasteiger partial charge on any atom is 0.252 e. The normalized spacial score (nSPS) is 15.1. The summed E-state index contributed by atoms with van der Waals surface area (Å²) in [6.07, 6.45) is 3.27. The third-order valence-electron chi connectivity index (χ3n) is 4.46. The van der Waals surface area contributed by atoms with Crippen molar-refractivity contribution in [2.45, 2.75) is 19.4 Å². The standard InChI is InChI=1S/C19H19N5O2/c1-11-19(2,3)26-16-7-6-12(9-14(16)22-11)23-17-13(18(20)25)10-21-24-8-4-5-15(17)24/h4-10,22-23H,1H2,2-3H3,(H2,20,25). The van der Waals surface area contributed by atoms with E-state index in [1.807, 2.05) is 44.2 Å². The van der Waals surface area contributed by atoms with Gasteiger partial charge in [0, 0.05) is 11.9 Å². The van der Waals surface area contributed by atoms with Gasteiger partial charge < -0.3 is 21.1 Å². The van der Waals surface area contributed by atoms with Gasteiger partial charge in [-0.15, -0.1) is 0 Å². The van der Waals surface area contributed by atoms with Gasteiger partial charge in [0.2, 0.25) is 0 Å². The first-order chi connectivity index (χ1) is 12.3. The van der Waals surface area contributed by atoms with Gasteiger partial charge in [-0.05, 0) is 44.2 Å². The molecule has 0 atom stereocenters.